The van der Waals surface area contributed by atoms with E-state index in [4.69, 9.17) is 5.73 Å². The van der Waals surface area contributed by atoms with Gasteiger partial charge in [0.25, 0.3) is 0 Å². The third-order valence-electron chi connectivity index (χ3n) is 3.62. The first kappa shape index (κ1) is 14.4. The highest BCUT2D eigenvalue weighted by atomic mass is 15.2. The lowest BCUT2D eigenvalue weighted by Gasteiger charge is -2.31. The van der Waals surface area contributed by atoms with Crippen molar-refractivity contribution in [3.8, 4) is 0 Å². The van der Waals surface area contributed by atoms with E-state index in [-0.39, 0.29) is 0 Å². The molecule has 0 aromatic heterocycles. The second-order valence-electron chi connectivity index (χ2n) is 5.29. The van der Waals surface area contributed by atoms with E-state index in [0.717, 1.165) is 5.69 Å². The zero-order valence-corrected chi connectivity index (χ0v) is 12.4. The van der Waals surface area contributed by atoms with Gasteiger partial charge in [-0.15, -0.1) is 0 Å². The van der Waals surface area contributed by atoms with Crippen LogP contribution in [0.5, 0.6) is 0 Å². The third kappa shape index (κ3) is 3.53. The summed E-state index contributed by atoms with van der Waals surface area (Å²) in [5.74, 6) is 0. The lowest BCUT2D eigenvalue weighted by atomic mass is 10.1. The molecular weight excluding hydrogens is 244 g/mol. The van der Waals surface area contributed by atoms with Gasteiger partial charge >= 0.3 is 0 Å². The maximum absolute atomic E-state index is 5.80. The van der Waals surface area contributed by atoms with Gasteiger partial charge < -0.3 is 10.6 Å². The molecule has 0 heterocycles. The molecule has 1 atom stereocenters. The summed E-state index contributed by atoms with van der Waals surface area (Å²) in [6, 6.07) is 19.2. The molecule has 2 aromatic rings. The van der Waals surface area contributed by atoms with Crippen LogP contribution in [0.25, 0.3) is 0 Å². The number of rotatable bonds is 6. The van der Waals surface area contributed by atoms with Crippen LogP contribution in [0.3, 0.4) is 0 Å². The van der Waals surface area contributed by atoms with Gasteiger partial charge in [-0.3, -0.25) is 0 Å². The smallest absolute Gasteiger partial charge is 0.0414 e. The van der Waals surface area contributed by atoms with Crippen molar-refractivity contribution in [1.82, 2.24) is 0 Å². The highest BCUT2D eigenvalue weighted by molar-refractivity contribution is 5.65. The average molecular weight is 268 g/mol. The summed E-state index contributed by atoms with van der Waals surface area (Å²) in [4.78, 5) is 2.40. The second-order valence-corrected chi connectivity index (χ2v) is 5.29. The molecule has 0 saturated heterocycles. The van der Waals surface area contributed by atoms with Crippen molar-refractivity contribution in [1.29, 1.82) is 0 Å². The van der Waals surface area contributed by atoms with Crippen molar-refractivity contribution >= 4 is 17.1 Å². The van der Waals surface area contributed by atoms with E-state index in [1.165, 1.54) is 30.6 Å². The molecule has 0 fully saturated rings. The molecule has 0 aliphatic rings. The van der Waals surface area contributed by atoms with Crippen LogP contribution in [0.1, 0.15) is 33.1 Å². The second kappa shape index (κ2) is 6.99. The molecule has 1 unspecified atom stereocenters. The lowest BCUT2D eigenvalue weighted by molar-refractivity contribution is 0.602. The fourth-order valence-corrected chi connectivity index (χ4v) is 2.51. The van der Waals surface area contributed by atoms with E-state index in [2.05, 4.69) is 61.2 Å². The minimum Gasteiger partial charge on any atom is -0.399 e. The van der Waals surface area contributed by atoms with Gasteiger partial charge in [-0.25, -0.2) is 0 Å². The maximum Gasteiger partial charge on any atom is 0.0414 e. The molecule has 2 heteroatoms. The molecule has 106 valence electrons. The van der Waals surface area contributed by atoms with E-state index in [1.807, 2.05) is 12.1 Å². The summed E-state index contributed by atoms with van der Waals surface area (Å²) < 4.78 is 0. The third-order valence-corrected chi connectivity index (χ3v) is 3.62. The SMILES string of the molecule is CCCCC(C)N(c1ccccc1)c1ccc(N)cc1. The van der Waals surface area contributed by atoms with Crippen molar-refractivity contribution in [2.75, 3.05) is 10.6 Å². The van der Waals surface area contributed by atoms with Gasteiger partial charge in [0.05, 0.1) is 0 Å². The largest absolute Gasteiger partial charge is 0.399 e. The van der Waals surface area contributed by atoms with Crippen molar-refractivity contribution in [3.05, 3.63) is 54.6 Å². The van der Waals surface area contributed by atoms with Crippen molar-refractivity contribution in [2.45, 2.75) is 39.2 Å². The number of benzene rings is 2. The van der Waals surface area contributed by atoms with Crippen molar-refractivity contribution in [2.24, 2.45) is 0 Å². The minimum absolute atomic E-state index is 0.473. The predicted molar refractivity (Wildman–Crippen MR) is 88.4 cm³/mol. The number of hydrogen-bond donors (Lipinski definition) is 1. The van der Waals surface area contributed by atoms with Crippen molar-refractivity contribution in [3.63, 3.8) is 0 Å². The summed E-state index contributed by atoms with van der Waals surface area (Å²) in [6.07, 6.45) is 3.67. The van der Waals surface area contributed by atoms with Crippen LogP contribution < -0.4 is 10.6 Å². The molecule has 0 saturated carbocycles. The van der Waals surface area contributed by atoms with Gasteiger partial charge in [-0.2, -0.15) is 0 Å². The number of nitrogen functional groups attached to an aromatic ring is 1. The van der Waals surface area contributed by atoms with Crippen LogP contribution in [0.4, 0.5) is 17.1 Å². The zero-order valence-electron chi connectivity index (χ0n) is 12.4. The van der Waals surface area contributed by atoms with E-state index in [1.54, 1.807) is 0 Å². The van der Waals surface area contributed by atoms with Gasteiger partial charge in [0.15, 0.2) is 0 Å². The first-order valence-electron chi connectivity index (χ1n) is 7.42. The normalized spacial score (nSPS) is 12.1. The topological polar surface area (TPSA) is 29.3 Å². The average Bonchev–Trinajstić information content (AvgIpc) is 2.48. The van der Waals surface area contributed by atoms with Gasteiger partial charge in [0.2, 0.25) is 0 Å². The molecule has 2 nitrogen and oxygen atoms in total. The molecule has 0 spiro atoms. The molecule has 0 aliphatic heterocycles. The Hall–Kier alpha value is -1.96. The summed E-state index contributed by atoms with van der Waals surface area (Å²) in [5.41, 5.74) is 9.05. The number of nitrogens with two attached hydrogens (primary N) is 1. The first-order valence-corrected chi connectivity index (χ1v) is 7.42. The Labute approximate surface area is 122 Å². The predicted octanol–water partition coefficient (Wildman–Crippen LogP) is 4.99. The molecule has 2 N–H and O–H groups in total. The van der Waals surface area contributed by atoms with E-state index in [0.29, 0.717) is 6.04 Å². The Morgan fingerprint density at radius 1 is 0.950 bits per heavy atom. The van der Waals surface area contributed by atoms with Crippen molar-refractivity contribution < 1.29 is 0 Å². The quantitative estimate of drug-likeness (QED) is 0.748. The molecular formula is C18H24N2. The highest BCUT2D eigenvalue weighted by Gasteiger charge is 2.15. The Balaban J connectivity index is 2.31. The molecule has 0 radical (unpaired) electrons. The van der Waals surface area contributed by atoms with Crippen LogP contribution in [0, 0.1) is 0 Å². The van der Waals surface area contributed by atoms with E-state index < -0.39 is 0 Å². The van der Waals surface area contributed by atoms with Crippen LogP contribution in [0.2, 0.25) is 0 Å². The lowest BCUT2D eigenvalue weighted by Crippen LogP contribution is -2.28. The summed E-state index contributed by atoms with van der Waals surface area (Å²) >= 11 is 0. The van der Waals surface area contributed by atoms with Crippen LogP contribution in [0.15, 0.2) is 54.6 Å². The van der Waals surface area contributed by atoms with Crippen LogP contribution in [-0.4, -0.2) is 6.04 Å². The zero-order chi connectivity index (χ0) is 14.4. The van der Waals surface area contributed by atoms with Gasteiger partial charge in [0.1, 0.15) is 0 Å². The Morgan fingerprint density at radius 2 is 1.55 bits per heavy atom. The number of para-hydroxylation sites is 1. The Bertz CT molecular complexity index is 505. The molecule has 2 aromatic carbocycles. The molecule has 0 amide bonds. The van der Waals surface area contributed by atoms with E-state index >= 15 is 0 Å². The molecule has 0 aliphatic carbocycles. The van der Waals surface area contributed by atoms with E-state index in [9.17, 15) is 0 Å². The van der Waals surface area contributed by atoms with Gasteiger partial charge in [0, 0.05) is 23.1 Å². The molecule has 2 rings (SSSR count). The number of anilines is 3. The Kier molecular flexibility index (Phi) is 5.05. The van der Waals surface area contributed by atoms with Gasteiger partial charge in [-0.1, -0.05) is 38.0 Å². The maximum atomic E-state index is 5.80. The monoisotopic (exact) mass is 268 g/mol. The fraction of sp³-hybridized carbons (Fsp3) is 0.333. The summed E-state index contributed by atoms with van der Waals surface area (Å²) in [7, 11) is 0. The van der Waals surface area contributed by atoms with Crippen LogP contribution in [-0.2, 0) is 0 Å². The highest BCUT2D eigenvalue weighted by Crippen LogP contribution is 2.29. The van der Waals surface area contributed by atoms with Crippen LogP contribution >= 0.6 is 0 Å². The minimum atomic E-state index is 0.473. The molecule has 0 bridgehead atoms. The number of nitrogens with zero attached hydrogens (tertiary/aromatic N) is 1. The standard InChI is InChI=1S/C18H24N2/c1-3-4-8-15(2)20(17-9-6-5-7-10-17)18-13-11-16(19)12-14-18/h5-7,9-15H,3-4,8,19H2,1-2H3. The molecule has 20 heavy (non-hydrogen) atoms. The first-order chi connectivity index (χ1) is 9.72. The number of hydrogen-bond acceptors (Lipinski definition) is 2. The summed E-state index contributed by atoms with van der Waals surface area (Å²) in [6.45, 7) is 4.53. The number of unbranched alkanes of at least 4 members (excludes halogenated alkanes) is 1. The fourth-order valence-electron chi connectivity index (χ4n) is 2.51. The van der Waals surface area contributed by atoms with Gasteiger partial charge in [-0.05, 0) is 49.7 Å². The Morgan fingerprint density at radius 3 is 2.15 bits per heavy atom. The summed E-state index contributed by atoms with van der Waals surface area (Å²) in [5, 5.41) is 0.